The minimum atomic E-state index is -0.912. The number of rotatable bonds is 8. The van der Waals surface area contributed by atoms with Gasteiger partial charge in [-0.3, -0.25) is 4.79 Å². The van der Waals surface area contributed by atoms with E-state index in [-0.39, 0.29) is 35.9 Å². The Morgan fingerprint density at radius 3 is 2.40 bits per heavy atom. The second-order valence-electron chi connectivity index (χ2n) is 7.59. The number of para-hydroxylation sites is 1. The minimum absolute atomic E-state index is 0.0426. The predicted octanol–water partition coefficient (Wildman–Crippen LogP) is 4.25. The lowest BCUT2D eigenvalue weighted by atomic mass is 10.0. The summed E-state index contributed by atoms with van der Waals surface area (Å²) in [7, 11) is 0. The Morgan fingerprint density at radius 1 is 1.07 bits per heavy atom. The molecule has 158 valence electrons. The predicted molar refractivity (Wildman–Crippen MR) is 115 cm³/mol. The van der Waals surface area contributed by atoms with Crippen molar-refractivity contribution < 1.29 is 23.8 Å². The lowest BCUT2D eigenvalue weighted by Crippen LogP contribution is -2.25. The number of fused-ring (bicyclic) bond motifs is 1. The van der Waals surface area contributed by atoms with E-state index < -0.39 is 11.7 Å². The molecule has 0 saturated carbocycles. The van der Waals surface area contributed by atoms with Crippen molar-refractivity contribution in [2.24, 2.45) is 0 Å². The molecule has 1 heterocycles. The first-order valence-electron chi connectivity index (χ1n) is 9.89. The van der Waals surface area contributed by atoms with Crippen LogP contribution in [0.2, 0.25) is 0 Å². The summed E-state index contributed by atoms with van der Waals surface area (Å²) in [6.45, 7) is 7.27. The second kappa shape index (κ2) is 9.13. The van der Waals surface area contributed by atoms with Crippen LogP contribution >= 0.6 is 0 Å². The fraction of sp³-hybridized carbons (Fsp3) is 0.333. The molecule has 0 fully saturated rings. The zero-order valence-electron chi connectivity index (χ0n) is 17.6. The quantitative estimate of drug-likeness (QED) is 0.441. The zero-order chi connectivity index (χ0) is 21.8. The third-order valence-electron chi connectivity index (χ3n) is 4.84. The Bertz CT molecular complexity index is 1110. The van der Waals surface area contributed by atoms with Crippen LogP contribution in [0.1, 0.15) is 48.2 Å². The summed E-state index contributed by atoms with van der Waals surface area (Å²) in [4.78, 5) is 24.0. The van der Waals surface area contributed by atoms with Gasteiger partial charge in [0.05, 0.1) is 0 Å². The highest BCUT2D eigenvalue weighted by molar-refractivity contribution is 6.07. The molecule has 3 rings (SSSR count). The number of hydrogen-bond acceptors (Lipinski definition) is 6. The van der Waals surface area contributed by atoms with Crippen molar-refractivity contribution in [2.75, 3.05) is 13.2 Å². The van der Waals surface area contributed by atoms with Crippen molar-refractivity contribution in [1.82, 2.24) is 0 Å². The molecule has 30 heavy (non-hydrogen) atoms. The average Bonchev–Trinajstić information content (AvgIpc) is 2.69. The third-order valence-corrected chi connectivity index (χ3v) is 4.84. The number of aliphatic hydroxyl groups excluding tert-OH is 1. The maximum absolute atomic E-state index is 12.2. The van der Waals surface area contributed by atoms with Gasteiger partial charge >= 0.3 is 5.63 Å². The lowest BCUT2D eigenvalue weighted by Gasteiger charge is -2.18. The van der Waals surface area contributed by atoms with E-state index in [2.05, 4.69) is 13.8 Å². The van der Waals surface area contributed by atoms with Crippen LogP contribution in [0.4, 0.5) is 0 Å². The van der Waals surface area contributed by atoms with Crippen LogP contribution in [-0.4, -0.2) is 30.2 Å². The van der Waals surface area contributed by atoms with E-state index >= 15 is 0 Å². The first-order valence-corrected chi connectivity index (χ1v) is 9.89. The van der Waals surface area contributed by atoms with E-state index in [4.69, 9.17) is 13.9 Å². The van der Waals surface area contributed by atoms with Crippen LogP contribution in [0.5, 0.6) is 11.5 Å². The summed E-state index contributed by atoms with van der Waals surface area (Å²) in [5.41, 5.74) is 1.63. The van der Waals surface area contributed by atoms with Gasteiger partial charge in [0.2, 0.25) is 0 Å². The number of ether oxygens (including phenoxy) is 2. The molecular formula is C24H26O6. The van der Waals surface area contributed by atoms with E-state index in [0.29, 0.717) is 16.9 Å². The van der Waals surface area contributed by atoms with Crippen molar-refractivity contribution in [3.05, 3.63) is 69.6 Å². The third kappa shape index (κ3) is 4.71. The highest BCUT2D eigenvalue weighted by Gasteiger charge is 2.19. The highest BCUT2D eigenvalue weighted by atomic mass is 16.5. The molecule has 0 spiro atoms. The molecule has 0 radical (unpaired) electrons. The van der Waals surface area contributed by atoms with Gasteiger partial charge in [-0.2, -0.15) is 0 Å². The molecule has 0 aliphatic rings. The van der Waals surface area contributed by atoms with E-state index in [1.54, 1.807) is 19.1 Å². The molecule has 0 bridgehead atoms. The summed E-state index contributed by atoms with van der Waals surface area (Å²) in [6, 6.07) is 12.4. The lowest BCUT2D eigenvalue weighted by molar-refractivity contribution is 0.0616. The molecule has 6 nitrogen and oxygen atoms in total. The average molecular weight is 410 g/mol. The van der Waals surface area contributed by atoms with Crippen LogP contribution in [-0.2, 0) is 0 Å². The number of benzene rings is 2. The number of hydrogen-bond donors (Lipinski definition) is 1. The second-order valence-corrected chi connectivity index (χ2v) is 7.59. The highest BCUT2D eigenvalue weighted by Crippen LogP contribution is 2.30. The zero-order valence-corrected chi connectivity index (χ0v) is 17.6. The van der Waals surface area contributed by atoms with Gasteiger partial charge in [0.15, 0.2) is 11.4 Å². The van der Waals surface area contributed by atoms with Crippen molar-refractivity contribution in [3.8, 4) is 11.5 Å². The first-order chi connectivity index (χ1) is 14.3. The Labute approximate surface area is 175 Å². The van der Waals surface area contributed by atoms with Crippen molar-refractivity contribution in [3.63, 3.8) is 0 Å². The molecule has 0 amide bonds. The molecule has 0 aliphatic heterocycles. The maximum atomic E-state index is 12.2. The van der Waals surface area contributed by atoms with E-state index in [0.717, 1.165) is 11.3 Å². The standard InChI is InChI=1S/C24H26O6/c1-14(2)18-7-5-6-8-20(18)28-12-17(26)13-29-21-10-9-19-15(3)11-22(27)30-24(19)23(21)16(4)25/h5-11,14,17,26H,12-13H2,1-4H3. The van der Waals surface area contributed by atoms with Crippen LogP contribution in [0, 0.1) is 6.92 Å². The van der Waals surface area contributed by atoms with Gasteiger partial charge < -0.3 is 19.0 Å². The van der Waals surface area contributed by atoms with Gasteiger partial charge in [-0.15, -0.1) is 0 Å². The van der Waals surface area contributed by atoms with Crippen molar-refractivity contribution in [1.29, 1.82) is 0 Å². The fourth-order valence-electron chi connectivity index (χ4n) is 3.33. The normalized spacial score (nSPS) is 12.2. The number of carbonyl (C=O) groups excluding carboxylic acids is 1. The molecule has 1 unspecified atom stereocenters. The molecule has 6 heteroatoms. The van der Waals surface area contributed by atoms with Gasteiger partial charge in [-0.25, -0.2) is 4.79 Å². The molecule has 1 N–H and O–H groups in total. The number of ketones is 1. The van der Waals surface area contributed by atoms with Gasteiger partial charge in [0, 0.05) is 11.5 Å². The van der Waals surface area contributed by atoms with Gasteiger partial charge in [-0.05, 0) is 49.1 Å². The summed E-state index contributed by atoms with van der Waals surface area (Å²) < 4.78 is 16.8. The van der Waals surface area contributed by atoms with E-state index in [9.17, 15) is 14.7 Å². The number of carbonyl (C=O) groups is 1. The minimum Gasteiger partial charge on any atom is -0.490 e. The summed E-state index contributed by atoms with van der Waals surface area (Å²) >= 11 is 0. The molecule has 1 aromatic heterocycles. The maximum Gasteiger partial charge on any atom is 0.336 e. The molecule has 0 aliphatic carbocycles. The molecule has 3 aromatic rings. The molecule has 0 saturated heterocycles. The van der Waals surface area contributed by atoms with E-state index in [1.165, 1.54) is 13.0 Å². The van der Waals surface area contributed by atoms with Crippen LogP contribution in [0.25, 0.3) is 11.0 Å². The number of aliphatic hydroxyl groups is 1. The summed E-state index contributed by atoms with van der Waals surface area (Å²) in [5, 5.41) is 11.0. The first kappa shape index (κ1) is 21.6. The van der Waals surface area contributed by atoms with Crippen molar-refractivity contribution in [2.45, 2.75) is 39.7 Å². The Morgan fingerprint density at radius 2 is 1.73 bits per heavy atom. The number of Topliss-reactive ketones (excluding diaryl/α,β-unsaturated/α-hetero) is 1. The van der Waals surface area contributed by atoms with E-state index in [1.807, 2.05) is 24.3 Å². The van der Waals surface area contributed by atoms with Crippen LogP contribution < -0.4 is 15.1 Å². The molecular weight excluding hydrogens is 384 g/mol. The largest absolute Gasteiger partial charge is 0.490 e. The number of aryl methyl sites for hydroxylation is 1. The fourth-order valence-corrected chi connectivity index (χ4v) is 3.33. The smallest absolute Gasteiger partial charge is 0.336 e. The Balaban J connectivity index is 1.75. The summed E-state index contributed by atoms with van der Waals surface area (Å²) in [5.74, 6) is 0.980. The molecule has 2 aromatic carbocycles. The van der Waals surface area contributed by atoms with Crippen LogP contribution in [0.3, 0.4) is 0 Å². The van der Waals surface area contributed by atoms with Gasteiger partial charge in [0.25, 0.3) is 0 Å². The monoisotopic (exact) mass is 410 g/mol. The van der Waals surface area contributed by atoms with Gasteiger partial charge in [-0.1, -0.05) is 32.0 Å². The Hall–Kier alpha value is -3.12. The van der Waals surface area contributed by atoms with Crippen LogP contribution in [0.15, 0.2) is 51.7 Å². The van der Waals surface area contributed by atoms with Gasteiger partial charge in [0.1, 0.15) is 36.4 Å². The SMILES string of the molecule is CC(=O)c1c(OCC(O)COc2ccccc2C(C)C)ccc2c(C)cc(=O)oc12. The summed E-state index contributed by atoms with van der Waals surface area (Å²) in [6.07, 6.45) is -0.912. The topological polar surface area (TPSA) is 86.0 Å². The van der Waals surface area contributed by atoms with Crippen molar-refractivity contribution >= 4 is 16.8 Å². The Kier molecular flexibility index (Phi) is 6.57. The molecule has 1 atom stereocenters.